The fourth-order valence-electron chi connectivity index (χ4n) is 0.112. The number of rotatable bonds is 3. The van der Waals surface area contributed by atoms with Crippen molar-refractivity contribution in [3.05, 3.63) is 0 Å². The van der Waals surface area contributed by atoms with Crippen LogP contribution in [0.25, 0.3) is 0 Å². The molecule has 0 aliphatic heterocycles. The second-order valence-electron chi connectivity index (χ2n) is 1.06. The molecule has 50 valence electrons. The first-order valence-corrected chi connectivity index (χ1v) is 3.55. The molecule has 0 aliphatic carbocycles. The van der Waals surface area contributed by atoms with Gasteiger partial charge in [0.2, 0.25) is 0 Å². The molecule has 0 spiro atoms. The summed E-state index contributed by atoms with van der Waals surface area (Å²) in [4.78, 5) is 0. The molecule has 0 saturated carbocycles. The molecule has 8 heteroatoms. The Balaban J connectivity index is 3.79. The van der Waals surface area contributed by atoms with E-state index in [0.717, 1.165) is 0 Å². The minimum absolute atomic E-state index is 2.08. The Labute approximate surface area is 46.9 Å². The lowest BCUT2D eigenvalue weighted by Gasteiger charge is -2.16. The first-order chi connectivity index (χ1) is 3.68. The summed E-state index contributed by atoms with van der Waals surface area (Å²) in [5.74, 6) is 14.6. The van der Waals surface area contributed by atoms with Gasteiger partial charge < -0.3 is 0 Å². The van der Waals surface area contributed by atoms with Gasteiger partial charge in [0.1, 0.15) is 0 Å². The fourth-order valence-corrected chi connectivity index (χ4v) is 0.335. The second kappa shape index (κ2) is 3.10. The zero-order valence-corrected chi connectivity index (χ0v) is 5.07. The van der Waals surface area contributed by atoms with Crippen LogP contribution >= 0.6 is 7.51 Å². The van der Waals surface area contributed by atoms with Gasteiger partial charge in [0.15, 0.2) is 7.51 Å². The Morgan fingerprint density at radius 2 is 1.25 bits per heavy atom. The molecule has 0 aromatic rings. The van der Waals surface area contributed by atoms with Gasteiger partial charge in [0, 0.05) is 0 Å². The summed E-state index contributed by atoms with van der Waals surface area (Å²) >= 11 is 0. The van der Waals surface area contributed by atoms with E-state index in [4.69, 9.17) is 22.7 Å². The number of hydrogen-bond acceptors (Lipinski definition) is 4. The molecule has 0 unspecified atom stereocenters. The van der Waals surface area contributed by atoms with Crippen molar-refractivity contribution in [3.63, 3.8) is 0 Å². The molecule has 0 aromatic carbocycles. The number of nitrogens with one attached hydrogen (secondary N) is 4. The largest absolute Gasteiger partial charge is 0.274 e. The van der Waals surface area contributed by atoms with Crippen LogP contribution in [-0.2, 0) is 0 Å². The SMILES string of the molecule is N=P(NN)(NN)NN. The van der Waals surface area contributed by atoms with Crippen LogP contribution in [0, 0.1) is 5.16 Å². The van der Waals surface area contributed by atoms with Crippen molar-refractivity contribution >= 4 is 7.51 Å². The van der Waals surface area contributed by atoms with Gasteiger partial charge in [-0.25, -0.2) is 0 Å². The average Bonchev–Trinajstić information content (AvgIpc) is 1.87. The van der Waals surface area contributed by atoms with E-state index in [1.54, 1.807) is 0 Å². The van der Waals surface area contributed by atoms with E-state index >= 15 is 0 Å². The fraction of sp³-hybridized carbons (Fsp3) is 0. The van der Waals surface area contributed by atoms with Crippen LogP contribution in [0.15, 0.2) is 0 Å². The third-order valence-electron chi connectivity index (χ3n) is 0.581. The minimum atomic E-state index is -2.58. The van der Waals surface area contributed by atoms with Crippen LogP contribution in [-0.4, -0.2) is 0 Å². The van der Waals surface area contributed by atoms with Crippen LogP contribution in [0.4, 0.5) is 0 Å². The molecule has 0 radical (unpaired) electrons. The van der Waals surface area contributed by atoms with Crippen molar-refractivity contribution in [1.82, 2.24) is 15.6 Å². The quantitative estimate of drug-likeness (QED) is 0.136. The van der Waals surface area contributed by atoms with Crippen molar-refractivity contribution in [2.75, 3.05) is 0 Å². The van der Waals surface area contributed by atoms with Crippen molar-refractivity contribution < 1.29 is 0 Å². The maximum atomic E-state index is 7.07. The van der Waals surface area contributed by atoms with Crippen LogP contribution in [0.2, 0.25) is 0 Å². The van der Waals surface area contributed by atoms with E-state index in [1.165, 1.54) is 0 Å². The topological polar surface area (TPSA) is 138 Å². The van der Waals surface area contributed by atoms with Crippen LogP contribution in [0.3, 0.4) is 0 Å². The summed E-state index contributed by atoms with van der Waals surface area (Å²) in [5.41, 5.74) is 0. The van der Waals surface area contributed by atoms with Crippen molar-refractivity contribution in [1.29, 1.82) is 5.16 Å². The summed E-state index contributed by atoms with van der Waals surface area (Å²) in [6, 6.07) is 0. The summed E-state index contributed by atoms with van der Waals surface area (Å²) in [7, 11) is -2.58. The normalized spacial score (nSPS) is 11.9. The molecule has 0 atom stereocenters. The zero-order chi connectivity index (χ0) is 6.62. The highest BCUT2D eigenvalue weighted by molar-refractivity contribution is 7.58. The van der Waals surface area contributed by atoms with Gasteiger partial charge in [-0.05, 0) is 0 Å². The maximum absolute atomic E-state index is 7.07. The van der Waals surface area contributed by atoms with Gasteiger partial charge in [0.25, 0.3) is 0 Å². The van der Waals surface area contributed by atoms with Gasteiger partial charge in [-0.3, -0.25) is 22.7 Å². The molecule has 0 saturated heterocycles. The molecule has 0 rings (SSSR count). The first-order valence-electron chi connectivity index (χ1n) is 1.76. The van der Waals surface area contributed by atoms with Gasteiger partial charge in [-0.2, -0.15) is 15.6 Å². The van der Waals surface area contributed by atoms with Crippen molar-refractivity contribution in [2.45, 2.75) is 0 Å². The molecule has 0 amide bonds. The molecule has 0 aliphatic rings. The lowest BCUT2D eigenvalue weighted by Crippen LogP contribution is -2.41. The zero-order valence-electron chi connectivity index (χ0n) is 4.18. The Morgan fingerprint density at radius 3 is 1.25 bits per heavy atom. The van der Waals surface area contributed by atoms with Gasteiger partial charge >= 0.3 is 0 Å². The first kappa shape index (κ1) is 7.99. The van der Waals surface area contributed by atoms with Gasteiger partial charge in [-0.1, -0.05) is 0 Å². The minimum Gasteiger partial charge on any atom is -0.274 e. The molecular formula is H10N7P. The molecule has 10 N–H and O–H groups in total. The Bertz CT molecular complexity index is 75.5. The number of hydrazine groups is 3. The Morgan fingerprint density at radius 1 is 1.00 bits per heavy atom. The third kappa shape index (κ3) is 1.85. The van der Waals surface area contributed by atoms with Crippen molar-refractivity contribution in [2.24, 2.45) is 17.5 Å². The molecular weight excluding hydrogens is 129 g/mol. The van der Waals surface area contributed by atoms with Crippen LogP contribution in [0.1, 0.15) is 0 Å². The lowest BCUT2D eigenvalue weighted by molar-refractivity contribution is 0.893. The average molecular weight is 139 g/mol. The number of nitrogens with two attached hydrogens (primary N) is 3. The summed E-state index contributed by atoms with van der Waals surface area (Å²) in [6.45, 7) is 0. The van der Waals surface area contributed by atoms with Gasteiger partial charge in [0.05, 0.1) is 0 Å². The standard InChI is InChI=1S/H10N7P/c1-5-8(4,6-2)7-3/h1-3H2,(H4,4,5,6,7). The molecule has 7 nitrogen and oxygen atoms in total. The summed E-state index contributed by atoms with van der Waals surface area (Å²) < 4.78 is 0. The predicted octanol–water partition coefficient (Wildman–Crippen LogP) is -2.10. The Hall–Kier alpha value is -0.0100. The van der Waals surface area contributed by atoms with E-state index in [0.29, 0.717) is 0 Å². The maximum Gasteiger partial charge on any atom is 0.196 e. The van der Waals surface area contributed by atoms with E-state index in [1.807, 2.05) is 0 Å². The lowest BCUT2D eigenvalue weighted by atomic mass is 12.9. The van der Waals surface area contributed by atoms with Gasteiger partial charge in [-0.15, -0.1) is 0 Å². The third-order valence-corrected chi connectivity index (χ3v) is 1.74. The van der Waals surface area contributed by atoms with E-state index in [2.05, 4.69) is 15.6 Å². The summed E-state index contributed by atoms with van der Waals surface area (Å²) in [5, 5.41) is 13.3. The molecule has 0 heterocycles. The van der Waals surface area contributed by atoms with E-state index in [-0.39, 0.29) is 0 Å². The van der Waals surface area contributed by atoms with Crippen LogP contribution < -0.4 is 33.1 Å². The second-order valence-corrected chi connectivity index (χ2v) is 3.17. The molecule has 0 fully saturated rings. The monoisotopic (exact) mass is 139 g/mol. The number of hydrogen-bond donors (Lipinski definition) is 7. The highest BCUT2D eigenvalue weighted by Crippen LogP contribution is 2.23. The molecule has 0 aromatic heterocycles. The Kier molecular flexibility index (Phi) is 3.10. The van der Waals surface area contributed by atoms with E-state index in [9.17, 15) is 0 Å². The van der Waals surface area contributed by atoms with Crippen molar-refractivity contribution in [3.8, 4) is 0 Å². The molecule has 8 heavy (non-hydrogen) atoms. The highest BCUT2D eigenvalue weighted by Gasteiger charge is 2.06. The van der Waals surface area contributed by atoms with E-state index < -0.39 is 7.51 Å². The highest BCUT2D eigenvalue weighted by atomic mass is 31.2. The molecule has 0 bridgehead atoms. The smallest absolute Gasteiger partial charge is 0.196 e. The van der Waals surface area contributed by atoms with Crippen LogP contribution in [0.5, 0.6) is 0 Å². The summed E-state index contributed by atoms with van der Waals surface area (Å²) in [6.07, 6.45) is 0. The predicted molar refractivity (Wildman–Crippen MR) is 31.6 cm³/mol.